The van der Waals surface area contributed by atoms with Gasteiger partial charge in [-0.1, -0.05) is 39.7 Å². The van der Waals surface area contributed by atoms with Crippen LogP contribution in [0.3, 0.4) is 0 Å². The molecule has 0 aliphatic heterocycles. The van der Waals surface area contributed by atoms with Crippen LogP contribution in [0.15, 0.2) is 12.2 Å². The van der Waals surface area contributed by atoms with Gasteiger partial charge in [-0.15, -0.1) is 0 Å². The molecule has 0 amide bonds. The molecule has 0 aromatic heterocycles. The van der Waals surface area contributed by atoms with Crippen LogP contribution in [0.5, 0.6) is 0 Å². The molecule has 0 spiro atoms. The summed E-state index contributed by atoms with van der Waals surface area (Å²) in [6.07, 6.45) is 4.43. The van der Waals surface area contributed by atoms with Gasteiger partial charge in [0.2, 0.25) is 0 Å². The molecule has 0 heterocycles. The zero-order chi connectivity index (χ0) is 11.0. The maximum Gasteiger partial charge on any atom is 0.160 e. The number of aliphatic hydroxyl groups is 1. The molecular weight excluding hydrogens is 176 g/mol. The maximum atomic E-state index is 11.4. The number of Topliss-reactive ketones (excluding diaryl/α,β-unsaturated/α-hetero) is 1. The lowest BCUT2D eigenvalue weighted by Gasteiger charge is -2.11. The third-order valence-corrected chi connectivity index (χ3v) is 2.35. The molecule has 0 fully saturated rings. The summed E-state index contributed by atoms with van der Waals surface area (Å²) >= 11 is 0. The van der Waals surface area contributed by atoms with E-state index in [1.807, 2.05) is 6.92 Å². The summed E-state index contributed by atoms with van der Waals surface area (Å²) in [5.41, 5.74) is 0.395. The van der Waals surface area contributed by atoms with Crippen LogP contribution in [-0.2, 0) is 4.79 Å². The van der Waals surface area contributed by atoms with E-state index in [2.05, 4.69) is 13.5 Å². The number of carbonyl (C=O) groups excluding carboxylic acids is 1. The Hall–Kier alpha value is -0.630. The third-order valence-electron chi connectivity index (χ3n) is 2.35. The Morgan fingerprint density at radius 2 is 1.86 bits per heavy atom. The summed E-state index contributed by atoms with van der Waals surface area (Å²) in [5.74, 6) is 0.0236. The van der Waals surface area contributed by atoms with Crippen LogP contribution in [0.25, 0.3) is 0 Å². The predicted octanol–water partition coefficient (Wildman–Crippen LogP) is 2.85. The molecule has 1 atom stereocenters. The first-order chi connectivity index (χ1) is 6.63. The van der Waals surface area contributed by atoms with Crippen molar-refractivity contribution in [3.63, 3.8) is 0 Å². The molecule has 1 N–H and O–H groups in total. The minimum Gasteiger partial charge on any atom is -0.388 e. The molecule has 1 unspecified atom stereocenters. The van der Waals surface area contributed by atoms with Crippen molar-refractivity contribution in [2.24, 2.45) is 0 Å². The number of carbonyl (C=O) groups is 1. The standard InChI is InChI=1S/C12H22O2/c1-4-6-8-11(13)10(3)12(14)9-7-5-2/h11,13H,3-9H2,1-2H3. The molecule has 0 aromatic carbocycles. The van der Waals surface area contributed by atoms with Gasteiger partial charge in [-0.2, -0.15) is 0 Å². The van der Waals surface area contributed by atoms with Crippen molar-refractivity contribution in [1.82, 2.24) is 0 Å². The Kier molecular flexibility index (Phi) is 7.40. The molecule has 2 heteroatoms. The molecule has 0 rings (SSSR count). The monoisotopic (exact) mass is 198 g/mol. The summed E-state index contributed by atoms with van der Waals surface area (Å²) in [7, 11) is 0. The van der Waals surface area contributed by atoms with Crippen molar-refractivity contribution in [2.45, 2.75) is 58.5 Å². The molecule has 0 saturated carbocycles. The fourth-order valence-corrected chi connectivity index (χ4v) is 1.26. The summed E-state index contributed by atoms with van der Waals surface area (Å²) in [6.45, 7) is 7.77. The lowest BCUT2D eigenvalue weighted by molar-refractivity contribution is -0.116. The fourth-order valence-electron chi connectivity index (χ4n) is 1.26. The molecule has 0 bridgehead atoms. The van der Waals surface area contributed by atoms with Crippen molar-refractivity contribution in [3.05, 3.63) is 12.2 Å². The lowest BCUT2D eigenvalue weighted by Crippen LogP contribution is -2.16. The molecule has 0 aromatic rings. The Balaban J connectivity index is 3.85. The van der Waals surface area contributed by atoms with Gasteiger partial charge in [-0.25, -0.2) is 0 Å². The number of rotatable bonds is 8. The lowest BCUT2D eigenvalue weighted by atomic mass is 9.99. The van der Waals surface area contributed by atoms with Gasteiger partial charge in [0.1, 0.15) is 0 Å². The topological polar surface area (TPSA) is 37.3 Å². The van der Waals surface area contributed by atoms with Gasteiger partial charge in [0.25, 0.3) is 0 Å². The summed E-state index contributed by atoms with van der Waals surface area (Å²) in [6, 6.07) is 0. The van der Waals surface area contributed by atoms with E-state index in [0.717, 1.165) is 25.7 Å². The third kappa shape index (κ3) is 5.18. The average Bonchev–Trinajstić information content (AvgIpc) is 2.21. The van der Waals surface area contributed by atoms with Gasteiger partial charge >= 0.3 is 0 Å². The van der Waals surface area contributed by atoms with Crippen LogP contribution in [0, 0.1) is 0 Å². The Morgan fingerprint density at radius 3 is 2.36 bits per heavy atom. The quantitative estimate of drug-likeness (QED) is 0.609. The first-order valence-corrected chi connectivity index (χ1v) is 5.53. The Morgan fingerprint density at radius 1 is 1.29 bits per heavy atom. The van der Waals surface area contributed by atoms with Crippen molar-refractivity contribution in [1.29, 1.82) is 0 Å². The van der Waals surface area contributed by atoms with E-state index in [0.29, 0.717) is 18.4 Å². The van der Waals surface area contributed by atoms with Crippen LogP contribution >= 0.6 is 0 Å². The van der Waals surface area contributed by atoms with Gasteiger partial charge in [-0.05, 0) is 12.8 Å². The minimum absolute atomic E-state index is 0.0236. The predicted molar refractivity (Wildman–Crippen MR) is 59.2 cm³/mol. The molecule has 82 valence electrons. The summed E-state index contributed by atoms with van der Waals surface area (Å²) in [5, 5.41) is 9.60. The van der Waals surface area contributed by atoms with Crippen LogP contribution < -0.4 is 0 Å². The molecular formula is C12H22O2. The highest BCUT2D eigenvalue weighted by atomic mass is 16.3. The molecule has 0 saturated heterocycles. The maximum absolute atomic E-state index is 11.4. The van der Waals surface area contributed by atoms with E-state index in [1.165, 1.54) is 0 Å². The summed E-state index contributed by atoms with van der Waals surface area (Å²) in [4.78, 5) is 11.4. The van der Waals surface area contributed by atoms with Crippen LogP contribution in [-0.4, -0.2) is 17.0 Å². The van der Waals surface area contributed by atoms with E-state index in [9.17, 15) is 9.90 Å². The van der Waals surface area contributed by atoms with Crippen molar-refractivity contribution in [3.8, 4) is 0 Å². The minimum atomic E-state index is -0.626. The number of hydrogen-bond donors (Lipinski definition) is 1. The van der Waals surface area contributed by atoms with Gasteiger partial charge in [0, 0.05) is 12.0 Å². The van der Waals surface area contributed by atoms with Crippen LogP contribution in [0.4, 0.5) is 0 Å². The number of hydrogen-bond acceptors (Lipinski definition) is 2. The molecule has 0 aliphatic carbocycles. The molecule has 0 radical (unpaired) electrons. The first-order valence-electron chi connectivity index (χ1n) is 5.53. The van der Waals surface area contributed by atoms with Crippen molar-refractivity contribution >= 4 is 5.78 Å². The second kappa shape index (κ2) is 7.74. The highest BCUT2D eigenvalue weighted by molar-refractivity contribution is 5.95. The van der Waals surface area contributed by atoms with Crippen molar-refractivity contribution in [2.75, 3.05) is 0 Å². The molecule has 2 nitrogen and oxygen atoms in total. The number of ketones is 1. The molecule has 0 aliphatic rings. The van der Waals surface area contributed by atoms with Crippen LogP contribution in [0.2, 0.25) is 0 Å². The zero-order valence-electron chi connectivity index (χ0n) is 9.38. The SMILES string of the molecule is C=C(C(=O)CCCC)C(O)CCCC. The fraction of sp³-hybridized carbons (Fsp3) is 0.750. The number of unbranched alkanes of at least 4 members (excludes halogenated alkanes) is 2. The zero-order valence-corrected chi connectivity index (χ0v) is 9.38. The Bertz CT molecular complexity index is 185. The van der Waals surface area contributed by atoms with E-state index >= 15 is 0 Å². The van der Waals surface area contributed by atoms with E-state index < -0.39 is 6.10 Å². The molecule has 14 heavy (non-hydrogen) atoms. The highest BCUT2D eigenvalue weighted by Crippen LogP contribution is 2.12. The van der Waals surface area contributed by atoms with E-state index in [-0.39, 0.29) is 5.78 Å². The average molecular weight is 198 g/mol. The first kappa shape index (κ1) is 13.4. The van der Waals surface area contributed by atoms with E-state index in [4.69, 9.17) is 0 Å². The normalized spacial score (nSPS) is 12.5. The summed E-state index contributed by atoms with van der Waals surface area (Å²) < 4.78 is 0. The largest absolute Gasteiger partial charge is 0.388 e. The second-order valence-electron chi connectivity index (χ2n) is 3.71. The smallest absolute Gasteiger partial charge is 0.160 e. The second-order valence-corrected chi connectivity index (χ2v) is 3.71. The van der Waals surface area contributed by atoms with E-state index in [1.54, 1.807) is 0 Å². The van der Waals surface area contributed by atoms with Gasteiger partial charge < -0.3 is 5.11 Å². The highest BCUT2D eigenvalue weighted by Gasteiger charge is 2.14. The van der Waals surface area contributed by atoms with Gasteiger partial charge in [0.05, 0.1) is 6.10 Å². The number of aliphatic hydroxyl groups excluding tert-OH is 1. The van der Waals surface area contributed by atoms with Crippen LogP contribution in [0.1, 0.15) is 52.4 Å². The van der Waals surface area contributed by atoms with Gasteiger partial charge in [0.15, 0.2) is 5.78 Å². The Labute approximate surface area is 87.0 Å². The van der Waals surface area contributed by atoms with Gasteiger partial charge in [-0.3, -0.25) is 4.79 Å². The van der Waals surface area contributed by atoms with Crippen molar-refractivity contribution < 1.29 is 9.90 Å².